The number of hydrogen-bond acceptors (Lipinski definition) is 2. The van der Waals surface area contributed by atoms with Crippen LogP contribution in [0.5, 0.6) is 0 Å². The molecular weight excluding hydrogens is 130 g/mol. The van der Waals surface area contributed by atoms with E-state index in [4.69, 9.17) is 5.73 Å². The highest BCUT2D eigenvalue weighted by Crippen LogP contribution is 2.14. The van der Waals surface area contributed by atoms with Crippen LogP contribution in [0.1, 0.15) is 19.4 Å². The number of anilines is 1. The minimum Gasteiger partial charge on any atom is -0.391 e. The maximum absolute atomic E-state index is 5.40. The first-order chi connectivity index (χ1) is 4.29. The Kier molecular flexibility index (Phi) is 4.14. The van der Waals surface area contributed by atoms with Gasteiger partial charge in [-0.25, -0.2) is 0 Å². The Hall–Kier alpha value is -0.500. The lowest BCUT2D eigenvalue weighted by atomic mass is 10.4. The Morgan fingerprint density at radius 1 is 1.44 bits per heavy atom. The molecule has 0 spiro atoms. The quantitative estimate of drug-likeness (QED) is 0.593. The molecule has 1 heterocycles. The highest BCUT2D eigenvalue weighted by molar-refractivity contribution is 7.14. The summed E-state index contributed by atoms with van der Waals surface area (Å²) in [6.45, 7) is 6.03. The van der Waals surface area contributed by atoms with E-state index >= 15 is 0 Å². The van der Waals surface area contributed by atoms with Gasteiger partial charge >= 0.3 is 0 Å². The van der Waals surface area contributed by atoms with Gasteiger partial charge in [-0.3, -0.25) is 0 Å². The highest BCUT2D eigenvalue weighted by atomic mass is 32.1. The number of rotatable bonds is 0. The summed E-state index contributed by atoms with van der Waals surface area (Å²) in [5.41, 5.74) is 6.65. The number of thiophene rings is 1. The molecule has 1 rings (SSSR count). The molecule has 0 amide bonds. The number of nitrogen functional groups attached to an aromatic ring is 1. The molecule has 0 aliphatic heterocycles. The average molecular weight is 143 g/mol. The third-order valence-corrected chi connectivity index (χ3v) is 1.63. The first kappa shape index (κ1) is 8.50. The van der Waals surface area contributed by atoms with Crippen LogP contribution >= 0.6 is 11.3 Å². The first-order valence-corrected chi connectivity index (χ1v) is 3.97. The van der Waals surface area contributed by atoms with Crippen LogP contribution in [0.2, 0.25) is 0 Å². The normalized spacial score (nSPS) is 7.89. The largest absolute Gasteiger partial charge is 0.391 e. The number of hydrogen-bond donors (Lipinski definition) is 1. The van der Waals surface area contributed by atoms with E-state index in [0.29, 0.717) is 0 Å². The lowest BCUT2D eigenvalue weighted by Crippen LogP contribution is -1.73. The van der Waals surface area contributed by atoms with Crippen LogP contribution in [0.25, 0.3) is 0 Å². The monoisotopic (exact) mass is 143 g/mol. The van der Waals surface area contributed by atoms with E-state index in [-0.39, 0.29) is 0 Å². The molecular formula is C7H13NS. The van der Waals surface area contributed by atoms with Crippen LogP contribution in [0, 0.1) is 6.92 Å². The van der Waals surface area contributed by atoms with Crippen LogP contribution in [-0.4, -0.2) is 0 Å². The van der Waals surface area contributed by atoms with E-state index < -0.39 is 0 Å². The molecule has 1 aromatic rings. The molecule has 2 heteroatoms. The molecule has 1 nitrogen and oxygen atoms in total. The van der Waals surface area contributed by atoms with Gasteiger partial charge < -0.3 is 5.73 Å². The first-order valence-electron chi connectivity index (χ1n) is 3.09. The number of aryl methyl sites for hydroxylation is 1. The van der Waals surface area contributed by atoms with Crippen molar-refractivity contribution in [2.24, 2.45) is 0 Å². The Morgan fingerprint density at radius 2 is 2.00 bits per heavy atom. The predicted molar refractivity (Wildman–Crippen MR) is 44.8 cm³/mol. The summed E-state index contributed by atoms with van der Waals surface area (Å²) in [6.07, 6.45) is 0. The lowest BCUT2D eigenvalue weighted by molar-refractivity contribution is 1.50. The maximum atomic E-state index is 5.40. The van der Waals surface area contributed by atoms with Gasteiger partial charge in [0.2, 0.25) is 0 Å². The third-order valence-electron chi connectivity index (χ3n) is 0.751. The summed E-state index contributed by atoms with van der Waals surface area (Å²) in [5, 5.41) is 2.94. The van der Waals surface area contributed by atoms with Crippen LogP contribution in [0.15, 0.2) is 11.4 Å². The second-order valence-corrected chi connectivity index (χ2v) is 2.47. The average Bonchev–Trinajstić information content (AvgIpc) is 2.20. The van der Waals surface area contributed by atoms with Crippen molar-refractivity contribution in [2.45, 2.75) is 20.8 Å². The molecule has 0 aliphatic rings. The Bertz CT molecular complexity index is 141. The van der Waals surface area contributed by atoms with E-state index in [1.165, 1.54) is 5.56 Å². The molecule has 2 N–H and O–H groups in total. The zero-order chi connectivity index (χ0) is 7.28. The van der Waals surface area contributed by atoms with Gasteiger partial charge in [-0.1, -0.05) is 13.8 Å². The van der Waals surface area contributed by atoms with Crippen LogP contribution in [0.3, 0.4) is 0 Å². The van der Waals surface area contributed by atoms with Gasteiger partial charge in [-0.2, -0.15) is 0 Å². The van der Waals surface area contributed by atoms with Gasteiger partial charge in [-0.05, 0) is 23.9 Å². The molecule has 0 saturated carbocycles. The molecule has 0 bridgehead atoms. The summed E-state index contributed by atoms with van der Waals surface area (Å²) in [6, 6.07) is 1.96. The molecule has 52 valence electrons. The van der Waals surface area contributed by atoms with Crippen molar-refractivity contribution < 1.29 is 0 Å². The Balaban J connectivity index is 0.000000291. The van der Waals surface area contributed by atoms with Crippen molar-refractivity contribution in [3.63, 3.8) is 0 Å². The topological polar surface area (TPSA) is 26.0 Å². The van der Waals surface area contributed by atoms with Crippen molar-refractivity contribution in [1.82, 2.24) is 0 Å². The van der Waals surface area contributed by atoms with Gasteiger partial charge in [0.05, 0.1) is 5.00 Å². The molecule has 0 saturated heterocycles. The zero-order valence-corrected chi connectivity index (χ0v) is 6.96. The second-order valence-electron chi connectivity index (χ2n) is 1.53. The summed E-state index contributed by atoms with van der Waals surface area (Å²) in [7, 11) is 0. The minimum atomic E-state index is 0.900. The lowest BCUT2D eigenvalue weighted by Gasteiger charge is -1.71. The van der Waals surface area contributed by atoms with Crippen LogP contribution in [0.4, 0.5) is 5.00 Å². The van der Waals surface area contributed by atoms with Gasteiger partial charge in [0.15, 0.2) is 0 Å². The fourth-order valence-corrected chi connectivity index (χ4v) is 1.10. The van der Waals surface area contributed by atoms with Gasteiger partial charge in [0.25, 0.3) is 0 Å². The zero-order valence-electron chi connectivity index (χ0n) is 6.14. The summed E-state index contributed by atoms with van der Waals surface area (Å²) < 4.78 is 0. The van der Waals surface area contributed by atoms with E-state index in [1.54, 1.807) is 11.3 Å². The molecule has 1 aromatic heterocycles. The fraction of sp³-hybridized carbons (Fsp3) is 0.429. The fourth-order valence-electron chi connectivity index (χ4n) is 0.453. The molecule has 0 aliphatic carbocycles. The smallest absolute Gasteiger partial charge is 0.0859 e. The molecule has 0 unspecified atom stereocenters. The predicted octanol–water partition coefficient (Wildman–Crippen LogP) is 2.66. The van der Waals surface area contributed by atoms with Gasteiger partial charge in [0.1, 0.15) is 0 Å². The van der Waals surface area contributed by atoms with E-state index in [0.717, 1.165) is 5.00 Å². The van der Waals surface area contributed by atoms with E-state index in [1.807, 2.05) is 32.2 Å². The van der Waals surface area contributed by atoms with Crippen molar-refractivity contribution >= 4 is 16.3 Å². The molecule has 0 fully saturated rings. The van der Waals surface area contributed by atoms with Gasteiger partial charge in [0, 0.05) is 0 Å². The molecule has 9 heavy (non-hydrogen) atoms. The Morgan fingerprint density at radius 3 is 2.11 bits per heavy atom. The van der Waals surface area contributed by atoms with Crippen molar-refractivity contribution in [2.75, 3.05) is 5.73 Å². The van der Waals surface area contributed by atoms with Crippen molar-refractivity contribution in [3.8, 4) is 0 Å². The van der Waals surface area contributed by atoms with Crippen LogP contribution in [-0.2, 0) is 0 Å². The SMILES string of the molecule is CC.Cc1csc(N)c1. The minimum absolute atomic E-state index is 0.900. The molecule has 0 atom stereocenters. The van der Waals surface area contributed by atoms with Gasteiger partial charge in [-0.15, -0.1) is 11.3 Å². The summed E-state index contributed by atoms with van der Waals surface area (Å²) in [5.74, 6) is 0. The molecule has 0 radical (unpaired) electrons. The highest BCUT2D eigenvalue weighted by Gasteiger charge is 1.84. The molecule has 0 aromatic carbocycles. The van der Waals surface area contributed by atoms with Crippen molar-refractivity contribution in [3.05, 3.63) is 17.0 Å². The summed E-state index contributed by atoms with van der Waals surface area (Å²) >= 11 is 1.58. The second kappa shape index (κ2) is 4.39. The summed E-state index contributed by atoms with van der Waals surface area (Å²) in [4.78, 5) is 0. The maximum Gasteiger partial charge on any atom is 0.0859 e. The number of nitrogens with two attached hydrogens (primary N) is 1. The van der Waals surface area contributed by atoms with Crippen molar-refractivity contribution in [1.29, 1.82) is 0 Å². The van der Waals surface area contributed by atoms with E-state index in [2.05, 4.69) is 0 Å². The van der Waals surface area contributed by atoms with E-state index in [9.17, 15) is 0 Å². The third kappa shape index (κ3) is 3.14. The van der Waals surface area contributed by atoms with Crippen LogP contribution < -0.4 is 5.73 Å². The Labute approximate surface area is 60.5 Å². The standard InChI is InChI=1S/C5H7NS.C2H6/c1-4-2-5(6)7-3-4;1-2/h2-3H,6H2,1H3;1-2H3.